The second kappa shape index (κ2) is 13.2. The van der Waals surface area contributed by atoms with Gasteiger partial charge in [0.1, 0.15) is 0 Å². The van der Waals surface area contributed by atoms with E-state index in [2.05, 4.69) is 228 Å². The van der Waals surface area contributed by atoms with Crippen molar-refractivity contribution in [1.82, 2.24) is 4.57 Å². The Balaban J connectivity index is 1.07. The third-order valence-corrected chi connectivity index (χ3v) is 11.4. The molecule has 2 heteroatoms. The van der Waals surface area contributed by atoms with Gasteiger partial charge in [-0.1, -0.05) is 158 Å². The molecule has 1 heterocycles. The first-order valence-electron chi connectivity index (χ1n) is 19.3. The molecule has 11 rings (SSSR count). The molecule has 0 radical (unpaired) electrons. The molecule has 0 bridgehead atoms. The lowest BCUT2D eigenvalue weighted by Gasteiger charge is -2.28. The zero-order chi connectivity index (χ0) is 37.0. The van der Waals surface area contributed by atoms with E-state index in [0.717, 1.165) is 22.7 Å². The number of rotatable bonds is 6. The summed E-state index contributed by atoms with van der Waals surface area (Å²) < 4.78 is 2.38. The summed E-state index contributed by atoms with van der Waals surface area (Å²) in [5, 5.41) is 10.2. The van der Waals surface area contributed by atoms with Crippen LogP contribution in [0.15, 0.2) is 218 Å². The van der Waals surface area contributed by atoms with Gasteiger partial charge in [-0.2, -0.15) is 0 Å². The summed E-state index contributed by atoms with van der Waals surface area (Å²) in [6, 6.07) is 79.4. The van der Waals surface area contributed by atoms with Crippen molar-refractivity contribution in [2.45, 2.75) is 0 Å². The van der Waals surface area contributed by atoms with Crippen molar-refractivity contribution >= 4 is 71.2 Å². The summed E-state index contributed by atoms with van der Waals surface area (Å²) in [4.78, 5) is 2.40. The van der Waals surface area contributed by atoms with E-state index < -0.39 is 0 Å². The Bertz CT molecular complexity index is 3180. The molecule has 0 spiro atoms. The Morgan fingerprint density at radius 3 is 1.54 bits per heavy atom. The predicted molar refractivity (Wildman–Crippen MR) is 239 cm³/mol. The summed E-state index contributed by atoms with van der Waals surface area (Å²) in [6.45, 7) is 0. The van der Waals surface area contributed by atoms with Gasteiger partial charge in [-0.05, 0) is 110 Å². The smallest absolute Gasteiger partial charge is 0.0541 e. The van der Waals surface area contributed by atoms with Gasteiger partial charge < -0.3 is 9.47 Å². The Kier molecular flexibility index (Phi) is 7.53. The molecule has 0 unspecified atom stereocenters. The van der Waals surface area contributed by atoms with Crippen LogP contribution in [0, 0.1) is 0 Å². The van der Waals surface area contributed by atoms with Crippen LogP contribution in [0.5, 0.6) is 0 Å². The van der Waals surface area contributed by atoms with E-state index in [9.17, 15) is 0 Å². The van der Waals surface area contributed by atoms with Gasteiger partial charge in [-0.3, -0.25) is 0 Å². The Morgan fingerprint density at radius 1 is 0.304 bits per heavy atom. The summed E-state index contributed by atoms with van der Waals surface area (Å²) in [5.74, 6) is 0. The van der Waals surface area contributed by atoms with Crippen molar-refractivity contribution in [2.75, 3.05) is 4.90 Å². The summed E-state index contributed by atoms with van der Waals surface area (Å²) in [6.07, 6.45) is 0. The number of benzene rings is 10. The van der Waals surface area contributed by atoms with Gasteiger partial charge >= 0.3 is 0 Å². The summed E-state index contributed by atoms with van der Waals surface area (Å²) in [7, 11) is 0. The summed E-state index contributed by atoms with van der Waals surface area (Å²) >= 11 is 0. The maximum absolute atomic E-state index is 2.40. The van der Waals surface area contributed by atoms with Gasteiger partial charge in [0.2, 0.25) is 0 Å². The van der Waals surface area contributed by atoms with Crippen molar-refractivity contribution in [1.29, 1.82) is 0 Å². The molecule has 2 nitrogen and oxygen atoms in total. The molecule has 0 aliphatic rings. The van der Waals surface area contributed by atoms with Crippen LogP contribution in [0.25, 0.3) is 82.1 Å². The second-order valence-corrected chi connectivity index (χ2v) is 14.5. The topological polar surface area (TPSA) is 8.17 Å². The normalized spacial score (nSPS) is 11.6. The van der Waals surface area contributed by atoms with Crippen molar-refractivity contribution in [3.8, 4) is 27.9 Å². The van der Waals surface area contributed by atoms with Crippen LogP contribution in [-0.4, -0.2) is 4.57 Å². The maximum atomic E-state index is 2.40. The van der Waals surface area contributed by atoms with Gasteiger partial charge in [0.15, 0.2) is 0 Å². The van der Waals surface area contributed by atoms with Gasteiger partial charge in [-0.15, -0.1) is 0 Å². The fraction of sp³-hybridized carbons (Fsp3) is 0. The Morgan fingerprint density at radius 2 is 0.821 bits per heavy atom. The molecule has 10 aromatic carbocycles. The fourth-order valence-electron chi connectivity index (χ4n) is 8.80. The van der Waals surface area contributed by atoms with Crippen molar-refractivity contribution in [3.05, 3.63) is 218 Å². The SMILES string of the molecule is c1ccc(-c2ccccc2N(c2ccc(-c3cc4c5ccccc5ccc4c4ccccc34)cc2)c2ccc(-n3c4ccccc4c4ccccc43)cc2)cc1. The van der Waals surface area contributed by atoms with Gasteiger partial charge in [0.25, 0.3) is 0 Å². The molecule has 1 aromatic heterocycles. The van der Waals surface area contributed by atoms with Crippen molar-refractivity contribution < 1.29 is 0 Å². The molecule has 56 heavy (non-hydrogen) atoms. The van der Waals surface area contributed by atoms with Crippen LogP contribution in [0.1, 0.15) is 0 Å². The number of hydrogen-bond acceptors (Lipinski definition) is 1. The molecule has 0 aliphatic carbocycles. The first kappa shape index (κ1) is 32.0. The lowest BCUT2D eigenvalue weighted by Crippen LogP contribution is -2.11. The van der Waals surface area contributed by atoms with E-state index in [1.165, 1.54) is 76.4 Å². The van der Waals surface area contributed by atoms with E-state index in [1.807, 2.05) is 0 Å². The molecular weight excluding hydrogens is 677 g/mol. The van der Waals surface area contributed by atoms with Crippen LogP contribution in [-0.2, 0) is 0 Å². The highest BCUT2D eigenvalue weighted by Crippen LogP contribution is 2.43. The number of anilines is 3. The van der Waals surface area contributed by atoms with Crippen LogP contribution in [0.4, 0.5) is 17.1 Å². The Hall–Kier alpha value is -7.42. The number of aromatic nitrogens is 1. The monoisotopic (exact) mass is 712 g/mol. The largest absolute Gasteiger partial charge is 0.310 e. The molecule has 0 N–H and O–H groups in total. The van der Waals surface area contributed by atoms with Crippen molar-refractivity contribution in [2.24, 2.45) is 0 Å². The molecule has 0 saturated carbocycles. The average molecular weight is 713 g/mol. The number of para-hydroxylation sites is 3. The van der Waals surface area contributed by atoms with Crippen LogP contribution >= 0.6 is 0 Å². The lowest BCUT2D eigenvalue weighted by atomic mass is 9.91. The molecule has 0 amide bonds. The maximum Gasteiger partial charge on any atom is 0.0541 e. The summed E-state index contributed by atoms with van der Waals surface area (Å²) in [5.41, 5.74) is 11.6. The first-order valence-corrected chi connectivity index (χ1v) is 19.3. The number of fused-ring (bicyclic) bond motifs is 8. The minimum Gasteiger partial charge on any atom is -0.310 e. The van der Waals surface area contributed by atoms with Gasteiger partial charge in [0, 0.05) is 33.4 Å². The third kappa shape index (κ3) is 5.19. The number of hydrogen-bond donors (Lipinski definition) is 0. The fourth-order valence-corrected chi connectivity index (χ4v) is 8.80. The van der Waals surface area contributed by atoms with Crippen molar-refractivity contribution in [3.63, 3.8) is 0 Å². The zero-order valence-electron chi connectivity index (χ0n) is 30.7. The lowest BCUT2D eigenvalue weighted by molar-refractivity contribution is 1.17. The molecule has 262 valence electrons. The minimum absolute atomic E-state index is 1.09. The second-order valence-electron chi connectivity index (χ2n) is 14.5. The average Bonchev–Trinajstić information content (AvgIpc) is 3.61. The standard InChI is InChI=1S/C54H36N2/c1-2-14-37(15-3-1)44-18-8-11-23-52(44)55(41-31-33-42(34-32-41)56-53-24-12-9-21-48(53)49-22-10-13-25-54(49)56)40-29-26-39(27-30-40)50-36-51-43-17-5-4-16-38(43)28-35-47(51)45-19-6-7-20-46(45)50/h1-36H. The van der Waals surface area contributed by atoms with Crippen LogP contribution in [0.2, 0.25) is 0 Å². The molecular formula is C54H36N2. The predicted octanol–water partition coefficient (Wildman–Crippen LogP) is 15.0. The van der Waals surface area contributed by atoms with Gasteiger partial charge in [-0.25, -0.2) is 0 Å². The molecule has 0 atom stereocenters. The zero-order valence-corrected chi connectivity index (χ0v) is 30.7. The van der Waals surface area contributed by atoms with Crippen LogP contribution < -0.4 is 4.90 Å². The quantitative estimate of drug-likeness (QED) is 0.156. The van der Waals surface area contributed by atoms with E-state index in [-0.39, 0.29) is 0 Å². The number of nitrogens with zero attached hydrogens (tertiary/aromatic N) is 2. The van der Waals surface area contributed by atoms with E-state index in [4.69, 9.17) is 0 Å². The highest BCUT2D eigenvalue weighted by molar-refractivity contribution is 6.21. The highest BCUT2D eigenvalue weighted by atomic mass is 15.1. The van der Waals surface area contributed by atoms with E-state index in [1.54, 1.807) is 0 Å². The van der Waals surface area contributed by atoms with E-state index >= 15 is 0 Å². The van der Waals surface area contributed by atoms with Gasteiger partial charge in [0.05, 0.1) is 16.7 Å². The molecule has 0 saturated heterocycles. The Labute approximate surface area is 325 Å². The highest BCUT2D eigenvalue weighted by Gasteiger charge is 2.19. The van der Waals surface area contributed by atoms with E-state index in [0.29, 0.717) is 0 Å². The molecule has 0 fully saturated rings. The third-order valence-electron chi connectivity index (χ3n) is 11.4. The minimum atomic E-state index is 1.09. The van der Waals surface area contributed by atoms with Crippen LogP contribution in [0.3, 0.4) is 0 Å². The first-order chi connectivity index (χ1) is 27.8. The molecule has 11 aromatic rings. The molecule has 0 aliphatic heterocycles.